The van der Waals surface area contributed by atoms with Gasteiger partial charge in [0.05, 0.1) is 12.1 Å². The molecule has 3 nitrogen and oxygen atoms in total. The van der Waals surface area contributed by atoms with Crippen molar-refractivity contribution in [2.24, 2.45) is 5.84 Å². The lowest BCUT2D eigenvalue weighted by atomic mass is 9.99. The van der Waals surface area contributed by atoms with Crippen molar-refractivity contribution in [3.63, 3.8) is 0 Å². The van der Waals surface area contributed by atoms with E-state index in [1.54, 1.807) is 0 Å². The van der Waals surface area contributed by atoms with Crippen molar-refractivity contribution in [2.75, 3.05) is 6.61 Å². The maximum atomic E-state index is 5.63. The summed E-state index contributed by atoms with van der Waals surface area (Å²) in [6, 6.07) is 8.60. The average molecular weight is 236 g/mol. The fourth-order valence-corrected chi connectivity index (χ4v) is 2.09. The van der Waals surface area contributed by atoms with Gasteiger partial charge in [-0.2, -0.15) is 0 Å². The summed E-state index contributed by atoms with van der Waals surface area (Å²) in [6.45, 7) is 6.93. The molecule has 96 valence electrons. The number of benzene rings is 1. The van der Waals surface area contributed by atoms with Crippen LogP contribution >= 0.6 is 0 Å². The normalized spacial score (nSPS) is 14.6. The minimum Gasteiger partial charge on any atom is -0.377 e. The van der Waals surface area contributed by atoms with Gasteiger partial charge in [-0.05, 0) is 31.4 Å². The molecule has 0 radical (unpaired) electrons. The van der Waals surface area contributed by atoms with Gasteiger partial charge in [0, 0.05) is 6.61 Å². The summed E-state index contributed by atoms with van der Waals surface area (Å²) in [5.41, 5.74) is 5.40. The molecule has 0 saturated heterocycles. The van der Waals surface area contributed by atoms with Crippen LogP contribution in [0.15, 0.2) is 24.3 Å². The first-order valence-electron chi connectivity index (χ1n) is 6.39. The topological polar surface area (TPSA) is 47.3 Å². The molecule has 1 aromatic carbocycles. The summed E-state index contributed by atoms with van der Waals surface area (Å²) in [5, 5.41) is 0. The number of hydrogen-bond donors (Lipinski definition) is 2. The molecule has 1 rings (SSSR count). The highest BCUT2D eigenvalue weighted by atomic mass is 16.5. The molecule has 0 aliphatic carbocycles. The minimum absolute atomic E-state index is 0.0479. The second-order valence-corrected chi connectivity index (χ2v) is 4.30. The quantitative estimate of drug-likeness (QED) is 0.565. The Morgan fingerprint density at radius 1 is 1.35 bits per heavy atom. The van der Waals surface area contributed by atoms with E-state index in [9.17, 15) is 0 Å². The highest BCUT2D eigenvalue weighted by Gasteiger charge is 2.18. The number of hydrazine groups is 1. The van der Waals surface area contributed by atoms with Crippen LogP contribution in [0.4, 0.5) is 0 Å². The van der Waals surface area contributed by atoms with Gasteiger partial charge in [-0.25, -0.2) is 0 Å². The second kappa shape index (κ2) is 7.43. The highest BCUT2D eigenvalue weighted by Crippen LogP contribution is 2.20. The molecule has 17 heavy (non-hydrogen) atoms. The molecule has 0 aliphatic rings. The molecule has 3 heteroatoms. The van der Waals surface area contributed by atoms with Crippen molar-refractivity contribution in [2.45, 2.75) is 45.8 Å². The average Bonchev–Trinajstić information content (AvgIpc) is 2.31. The highest BCUT2D eigenvalue weighted by molar-refractivity contribution is 5.26. The second-order valence-electron chi connectivity index (χ2n) is 4.30. The van der Waals surface area contributed by atoms with Crippen molar-refractivity contribution in [3.8, 4) is 0 Å². The molecule has 0 bridgehead atoms. The first-order chi connectivity index (χ1) is 8.22. The Labute approximate surface area is 104 Å². The van der Waals surface area contributed by atoms with Crippen LogP contribution in [-0.2, 0) is 11.2 Å². The summed E-state index contributed by atoms with van der Waals surface area (Å²) >= 11 is 0. The van der Waals surface area contributed by atoms with Gasteiger partial charge in [-0.1, -0.05) is 37.6 Å². The fraction of sp³-hybridized carbons (Fsp3) is 0.571. The first kappa shape index (κ1) is 14.2. The van der Waals surface area contributed by atoms with Crippen LogP contribution in [0.25, 0.3) is 0 Å². The molecule has 0 heterocycles. The molecule has 0 aliphatic heterocycles. The van der Waals surface area contributed by atoms with Crippen LogP contribution in [0.1, 0.15) is 44.4 Å². The van der Waals surface area contributed by atoms with Gasteiger partial charge in [0.25, 0.3) is 0 Å². The van der Waals surface area contributed by atoms with Crippen LogP contribution < -0.4 is 11.3 Å². The summed E-state index contributed by atoms with van der Waals surface area (Å²) < 4.78 is 5.61. The van der Waals surface area contributed by atoms with Crippen molar-refractivity contribution < 1.29 is 4.74 Å². The molecular formula is C14H24N2O. The zero-order valence-electron chi connectivity index (χ0n) is 11.1. The smallest absolute Gasteiger partial charge is 0.0754 e. The van der Waals surface area contributed by atoms with Crippen LogP contribution in [-0.4, -0.2) is 12.7 Å². The maximum Gasteiger partial charge on any atom is 0.0754 e. The van der Waals surface area contributed by atoms with Gasteiger partial charge in [0.2, 0.25) is 0 Å². The van der Waals surface area contributed by atoms with Crippen molar-refractivity contribution in [1.29, 1.82) is 0 Å². The molecule has 0 saturated carbocycles. The van der Waals surface area contributed by atoms with E-state index in [2.05, 4.69) is 36.6 Å². The van der Waals surface area contributed by atoms with Crippen LogP contribution in [0.5, 0.6) is 0 Å². The molecule has 0 fully saturated rings. The van der Waals surface area contributed by atoms with E-state index in [1.165, 1.54) is 11.1 Å². The SMILES string of the molecule is CCCc1cccc(C(NN)C(C)OCC)c1. The summed E-state index contributed by atoms with van der Waals surface area (Å²) in [4.78, 5) is 0. The Morgan fingerprint density at radius 3 is 2.71 bits per heavy atom. The number of ether oxygens (including phenoxy) is 1. The van der Waals surface area contributed by atoms with Crippen molar-refractivity contribution in [1.82, 2.24) is 5.43 Å². The lowest BCUT2D eigenvalue weighted by Crippen LogP contribution is -2.36. The van der Waals surface area contributed by atoms with Gasteiger partial charge in [0.15, 0.2) is 0 Å². The molecule has 0 amide bonds. The number of hydrogen-bond acceptors (Lipinski definition) is 3. The Balaban J connectivity index is 2.83. The van der Waals surface area contributed by atoms with Crippen LogP contribution in [0.3, 0.4) is 0 Å². The standard InChI is InChI=1S/C14H24N2O/c1-4-7-12-8-6-9-13(10-12)14(16-15)11(3)17-5-2/h6,8-11,14,16H,4-5,7,15H2,1-3H3. The van der Waals surface area contributed by atoms with Gasteiger partial charge in [-0.15, -0.1) is 0 Å². The van der Waals surface area contributed by atoms with E-state index < -0.39 is 0 Å². The molecular weight excluding hydrogens is 212 g/mol. The Kier molecular flexibility index (Phi) is 6.19. The van der Waals surface area contributed by atoms with E-state index in [0.717, 1.165) is 12.8 Å². The number of rotatable bonds is 7. The molecule has 1 aromatic rings. The van der Waals surface area contributed by atoms with Gasteiger partial charge < -0.3 is 4.74 Å². The molecule has 3 N–H and O–H groups in total. The molecule has 0 aromatic heterocycles. The minimum atomic E-state index is 0.0479. The van der Waals surface area contributed by atoms with E-state index >= 15 is 0 Å². The number of nitrogens with two attached hydrogens (primary N) is 1. The summed E-state index contributed by atoms with van der Waals surface area (Å²) in [6.07, 6.45) is 2.33. The van der Waals surface area contributed by atoms with Gasteiger partial charge in [0.1, 0.15) is 0 Å². The zero-order valence-corrected chi connectivity index (χ0v) is 11.1. The summed E-state index contributed by atoms with van der Waals surface area (Å²) in [7, 11) is 0. The lowest BCUT2D eigenvalue weighted by Gasteiger charge is -2.24. The Hall–Kier alpha value is -0.900. The third-order valence-corrected chi connectivity index (χ3v) is 2.93. The van der Waals surface area contributed by atoms with E-state index in [1.807, 2.05) is 13.8 Å². The zero-order chi connectivity index (χ0) is 12.7. The van der Waals surface area contributed by atoms with Gasteiger partial charge in [-0.3, -0.25) is 11.3 Å². The molecule has 0 spiro atoms. The van der Waals surface area contributed by atoms with Crippen molar-refractivity contribution in [3.05, 3.63) is 35.4 Å². The molecule has 2 atom stereocenters. The monoisotopic (exact) mass is 236 g/mol. The number of aryl methyl sites for hydroxylation is 1. The van der Waals surface area contributed by atoms with Gasteiger partial charge >= 0.3 is 0 Å². The van der Waals surface area contributed by atoms with E-state index in [-0.39, 0.29) is 12.1 Å². The molecule has 2 unspecified atom stereocenters. The van der Waals surface area contributed by atoms with Crippen LogP contribution in [0, 0.1) is 0 Å². The third-order valence-electron chi connectivity index (χ3n) is 2.93. The first-order valence-corrected chi connectivity index (χ1v) is 6.39. The van der Waals surface area contributed by atoms with E-state index in [0.29, 0.717) is 6.61 Å². The Bertz CT molecular complexity index is 328. The van der Waals surface area contributed by atoms with Crippen LogP contribution in [0.2, 0.25) is 0 Å². The predicted octanol–water partition coefficient (Wildman–Crippen LogP) is 2.57. The fourth-order valence-electron chi connectivity index (χ4n) is 2.09. The van der Waals surface area contributed by atoms with Crippen molar-refractivity contribution >= 4 is 0 Å². The Morgan fingerprint density at radius 2 is 2.12 bits per heavy atom. The third kappa shape index (κ3) is 4.11. The predicted molar refractivity (Wildman–Crippen MR) is 71.6 cm³/mol. The lowest BCUT2D eigenvalue weighted by molar-refractivity contribution is 0.0472. The largest absolute Gasteiger partial charge is 0.377 e. The summed E-state index contributed by atoms with van der Waals surface area (Å²) in [5.74, 6) is 5.63. The van der Waals surface area contributed by atoms with E-state index in [4.69, 9.17) is 10.6 Å². The number of nitrogens with one attached hydrogen (secondary N) is 1. The maximum absolute atomic E-state index is 5.63.